The minimum Gasteiger partial charge on any atom is -0.255 e. The highest BCUT2D eigenvalue weighted by molar-refractivity contribution is 14.1. The van der Waals surface area contributed by atoms with Crippen molar-refractivity contribution in [3.8, 4) is 0 Å². The Morgan fingerprint density at radius 1 is 1.60 bits per heavy atom. The van der Waals surface area contributed by atoms with Crippen molar-refractivity contribution in [3.63, 3.8) is 0 Å². The molecule has 0 radical (unpaired) electrons. The maximum Gasteiger partial charge on any atom is 0.0761 e. The van der Waals surface area contributed by atoms with Gasteiger partial charge in [0.25, 0.3) is 0 Å². The van der Waals surface area contributed by atoms with E-state index >= 15 is 0 Å². The van der Waals surface area contributed by atoms with Crippen molar-refractivity contribution >= 4 is 22.9 Å². The molecule has 3 heteroatoms. The fraction of sp³-hybridized carbons (Fsp3) is 0.714. The second-order valence-electron chi connectivity index (χ2n) is 3.18. The van der Waals surface area contributed by atoms with E-state index in [0.29, 0.717) is 5.92 Å². The van der Waals surface area contributed by atoms with Crippen LogP contribution in [0.5, 0.6) is 0 Å². The lowest BCUT2D eigenvalue weighted by atomic mass is 9.90. The van der Waals surface area contributed by atoms with Crippen LogP contribution >= 0.6 is 22.9 Å². The highest BCUT2D eigenvalue weighted by atomic mass is 127. The van der Waals surface area contributed by atoms with Gasteiger partial charge in [0.1, 0.15) is 0 Å². The molecule has 58 valence electrons. The Hall–Kier alpha value is 0.230. The molecule has 0 bridgehead atoms. The van der Waals surface area contributed by atoms with Gasteiger partial charge in [0, 0.05) is 6.20 Å². The normalized spacial score (nSPS) is 32.3. The first-order valence-corrected chi connectivity index (χ1v) is 4.43. The molecule has 1 unspecified atom stereocenters. The zero-order chi connectivity index (χ0) is 7.78. The Balaban J connectivity index is 2.65. The average molecular weight is 252 g/mol. The SMILES string of the molecule is CC(C)C1(C)C=CN(I)N1. The van der Waals surface area contributed by atoms with Gasteiger partial charge in [-0.15, -0.1) is 0 Å². The Morgan fingerprint density at radius 3 is 2.40 bits per heavy atom. The molecule has 10 heavy (non-hydrogen) atoms. The topological polar surface area (TPSA) is 15.3 Å². The predicted octanol–water partition coefficient (Wildman–Crippen LogP) is 2.08. The Morgan fingerprint density at radius 2 is 2.20 bits per heavy atom. The van der Waals surface area contributed by atoms with Crippen molar-refractivity contribution in [2.45, 2.75) is 26.3 Å². The molecule has 0 aromatic carbocycles. The van der Waals surface area contributed by atoms with E-state index in [4.69, 9.17) is 0 Å². The minimum absolute atomic E-state index is 0.154. The van der Waals surface area contributed by atoms with E-state index in [1.807, 2.05) is 3.22 Å². The Kier molecular flexibility index (Phi) is 2.24. The molecule has 1 aliphatic heterocycles. The van der Waals surface area contributed by atoms with E-state index in [9.17, 15) is 0 Å². The number of rotatable bonds is 1. The summed E-state index contributed by atoms with van der Waals surface area (Å²) in [6.45, 7) is 6.63. The molecular weight excluding hydrogens is 239 g/mol. The zero-order valence-electron chi connectivity index (χ0n) is 6.56. The number of hydrogen-bond donors (Lipinski definition) is 1. The van der Waals surface area contributed by atoms with Crippen molar-refractivity contribution in [2.75, 3.05) is 0 Å². The van der Waals surface area contributed by atoms with Gasteiger partial charge in [-0.3, -0.25) is 3.22 Å². The van der Waals surface area contributed by atoms with Crippen molar-refractivity contribution in [2.24, 2.45) is 5.92 Å². The highest BCUT2D eigenvalue weighted by Gasteiger charge is 2.29. The molecule has 2 nitrogen and oxygen atoms in total. The third-order valence-electron chi connectivity index (χ3n) is 2.10. The van der Waals surface area contributed by atoms with Crippen molar-refractivity contribution < 1.29 is 0 Å². The van der Waals surface area contributed by atoms with E-state index in [1.165, 1.54) is 0 Å². The van der Waals surface area contributed by atoms with Gasteiger partial charge in [0.2, 0.25) is 0 Å². The summed E-state index contributed by atoms with van der Waals surface area (Å²) in [7, 11) is 0. The molecule has 0 aliphatic carbocycles. The van der Waals surface area contributed by atoms with Gasteiger partial charge in [-0.2, -0.15) is 0 Å². The van der Waals surface area contributed by atoms with Gasteiger partial charge in [-0.25, -0.2) is 5.43 Å². The summed E-state index contributed by atoms with van der Waals surface area (Å²) in [5.41, 5.74) is 3.49. The van der Waals surface area contributed by atoms with Crippen LogP contribution in [0.25, 0.3) is 0 Å². The lowest BCUT2D eigenvalue weighted by Crippen LogP contribution is -2.44. The Labute approximate surface area is 76.1 Å². The third kappa shape index (κ3) is 1.45. The van der Waals surface area contributed by atoms with Crippen LogP contribution in [0.2, 0.25) is 0 Å². The summed E-state index contributed by atoms with van der Waals surface area (Å²) >= 11 is 2.23. The van der Waals surface area contributed by atoms with Crippen molar-refractivity contribution in [1.82, 2.24) is 8.65 Å². The molecular formula is C7H13IN2. The smallest absolute Gasteiger partial charge is 0.0761 e. The van der Waals surface area contributed by atoms with Crippen LogP contribution in [0.1, 0.15) is 20.8 Å². The van der Waals surface area contributed by atoms with Gasteiger partial charge in [-0.1, -0.05) is 13.8 Å². The molecule has 1 atom stereocenters. The molecule has 0 saturated heterocycles. The molecule has 1 heterocycles. The molecule has 0 aromatic rings. The molecule has 0 fully saturated rings. The third-order valence-corrected chi connectivity index (χ3v) is 2.66. The summed E-state index contributed by atoms with van der Waals surface area (Å²) < 4.78 is 1.97. The van der Waals surface area contributed by atoms with Crippen LogP contribution in [-0.4, -0.2) is 8.76 Å². The Bertz CT molecular complexity index is 156. The second kappa shape index (κ2) is 2.70. The van der Waals surface area contributed by atoms with E-state index in [-0.39, 0.29) is 5.54 Å². The van der Waals surface area contributed by atoms with Gasteiger partial charge in [-0.05, 0) is 18.9 Å². The minimum atomic E-state index is 0.154. The number of nitrogens with zero attached hydrogens (tertiary/aromatic N) is 1. The summed E-state index contributed by atoms with van der Waals surface area (Å²) in [6, 6.07) is 0. The standard InChI is InChI=1S/C7H13IN2/c1-6(2)7(3)4-5-10(8)9-7/h4-6,9H,1-3H3. The van der Waals surface area contributed by atoms with Crippen LogP contribution in [0.15, 0.2) is 12.3 Å². The van der Waals surface area contributed by atoms with Gasteiger partial charge < -0.3 is 0 Å². The predicted molar refractivity (Wildman–Crippen MR) is 51.4 cm³/mol. The van der Waals surface area contributed by atoms with Gasteiger partial charge in [0.15, 0.2) is 0 Å². The maximum absolute atomic E-state index is 3.34. The molecule has 1 N–H and O–H groups in total. The molecule has 1 rings (SSSR count). The van der Waals surface area contributed by atoms with E-state index in [0.717, 1.165) is 0 Å². The number of hydrogen-bond acceptors (Lipinski definition) is 2. The first-order chi connectivity index (χ1) is 4.54. The van der Waals surface area contributed by atoms with Gasteiger partial charge in [0.05, 0.1) is 28.4 Å². The molecule has 1 aliphatic rings. The zero-order valence-corrected chi connectivity index (χ0v) is 8.71. The molecule has 0 aromatic heterocycles. The monoisotopic (exact) mass is 252 g/mol. The first kappa shape index (κ1) is 8.33. The van der Waals surface area contributed by atoms with Crippen molar-refractivity contribution in [1.29, 1.82) is 0 Å². The largest absolute Gasteiger partial charge is 0.255 e. The summed E-state index contributed by atoms with van der Waals surface area (Å²) in [6.07, 6.45) is 4.25. The summed E-state index contributed by atoms with van der Waals surface area (Å²) in [5.74, 6) is 0.628. The molecule has 0 spiro atoms. The summed E-state index contributed by atoms with van der Waals surface area (Å²) in [4.78, 5) is 0. The van der Waals surface area contributed by atoms with Crippen LogP contribution in [0, 0.1) is 5.92 Å². The van der Waals surface area contributed by atoms with E-state index in [1.54, 1.807) is 0 Å². The summed E-state index contributed by atoms with van der Waals surface area (Å²) in [5, 5.41) is 0. The number of nitrogens with one attached hydrogen (secondary N) is 1. The lowest BCUT2D eigenvalue weighted by molar-refractivity contribution is 0.287. The van der Waals surface area contributed by atoms with Gasteiger partial charge >= 0.3 is 0 Å². The number of halogens is 1. The molecule has 0 saturated carbocycles. The average Bonchev–Trinajstić information content (AvgIpc) is 2.13. The first-order valence-electron chi connectivity index (χ1n) is 3.47. The van der Waals surface area contributed by atoms with Crippen LogP contribution < -0.4 is 5.43 Å². The quantitative estimate of drug-likeness (QED) is 0.567. The van der Waals surface area contributed by atoms with Crippen LogP contribution in [-0.2, 0) is 0 Å². The highest BCUT2D eigenvalue weighted by Crippen LogP contribution is 2.24. The van der Waals surface area contributed by atoms with Crippen molar-refractivity contribution in [3.05, 3.63) is 12.3 Å². The van der Waals surface area contributed by atoms with Crippen LogP contribution in [0.4, 0.5) is 0 Å². The van der Waals surface area contributed by atoms with E-state index < -0.39 is 0 Å². The van der Waals surface area contributed by atoms with Crippen LogP contribution in [0.3, 0.4) is 0 Å². The maximum atomic E-state index is 3.34. The lowest BCUT2D eigenvalue weighted by Gasteiger charge is -2.28. The number of hydrazine groups is 1. The second-order valence-corrected chi connectivity index (χ2v) is 4.22. The fourth-order valence-corrected chi connectivity index (χ4v) is 1.53. The van der Waals surface area contributed by atoms with E-state index in [2.05, 4.69) is 61.3 Å². The fourth-order valence-electron chi connectivity index (χ4n) is 0.846. The molecule has 0 amide bonds.